The molecule has 1 heterocycles. The second kappa shape index (κ2) is 5.12. The monoisotopic (exact) mass is 396 g/mol. The molecule has 1 spiro atoms. The maximum Gasteiger partial charge on any atom is 0.305 e. The molecule has 0 aromatic heterocycles. The highest BCUT2D eigenvalue weighted by atomic mass is 16.6. The van der Waals surface area contributed by atoms with Crippen LogP contribution < -0.4 is 0 Å². The lowest BCUT2D eigenvalue weighted by atomic mass is 9.47. The van der Waals surface area contributed by atoms with Crippen molar-refractivity contribution in [2.45, 2.75) is 69.7 Å². The molecule has 7 atom stereocenters. The van der Waals surface area contributed by atoms with E-state index in [1.165, 1.54) is 23.8 Å². The number of esters is 1. The molecule has 5 nitrogen and oxygen atoms in total. The van der Waals surface area contributed by atoms with Crippen molar-refractivity contribution in [3.63, 3.8) is 0 Å². The Morgan fingerprint density at radius 2 is 2.17 bits per heavy atom. The summed E-state index contributed by atoms with van der Waals surface area (Å²) in [6, 6.07) is 0. The third-order valence-corrected chi connectivity index (χ3v) is 9.39. The number of allylic oxidation sites excluding steroid dienone is 3. The number of hydrogen-bond donors (Lipinski definition) is 1. The molecule has 0 aromatic carbocycles. The van der Waals surface area contributed by atoms with E-state index in [0.717, 1.165) is 19.3 Å². The maximum atomic E-state index is 12.2. The second-order valence-electron chi connectivity index (χ2n) is 10.4. The average Bonchev–Trinajstić information content (AvgIpc) is 3.58. The number of fused-ring (bicyclic) bond motifs is 5. The zero-order valence-electron chi connectivity index (χ0n) is 17.3. The van der Waals surface area contributed by atoms with Gasteiger partial charge in [0.25, 0.3) is 0 Å². The lowest BCUT2D eigenvalue weighted by molar-refractivity contribution is -0.144. The fourth-order valence-corrected chi connectivity index (χ4v) is 7.57. The topological polar surface area (TPSA) is 76.1 Å². The van der Waals surface area contributed by atoms with Gasteiger partial charge in [0.15, 0.2) is 5.78 Å². The van der Waals surface area contributed by atoms with E-state index in [1.807, 2.05) is 12.2 Å². The van der Waals surface area contributed by atoms with Crippen molar-refractivity contribution >= 4 is 11.8 Å². The standard InChI is InChI=1S/C24H28O5/c1-21-7-4-13(25)10-17(21)14-11-15(14)20-16-5-8-23(27,9-6-19(26)28-3)22(16,2)12-18-24(20,21)29-18/h5,8,10,16,18,20,27H,4,6-7,9,11-12H2,1-3H3/t16?,18-,20?,21+,22+,23-,24-/m1/s1. The molecule has 1 saturated carbocycles. The van der Waals surface area contributed by atoms with Crippen LogP contribution >= 0.6 is 0 Å². The molecule has 5 aliphatic carbocycles. The summed E-state index contributed by atoms with van der Waals surface area (Å²) < 4.78 is 11.4. The van der Waals surface area contributed by atoms with Gasteiger partial charge in [0.05, 0.1) is 18.8 Å². The van der Waals surface area contributed by atoms with E-state index in [1.54, 1.807) is 0 Å². The first-order chi connectivity index (χ1) is 13.7. The quantitative estimate of drug-likeness (QED) is 0.451. The predicted molar refractivity (Wildman–Crippen MR) is 105 cm³/mol. The van der Waals surface area contributed by atoms with E-state index < -0.39 is 5.60 Å². The number of rotatable bonds is 3. The highest BCUT2D eigenvalue weighted by Crippen LogP contribution is 2.79. The van der Waals surface area contributed by atoms with Gasteiger partial charge in [-0.25, -0.2) is 0 Å². The molecule has 0 amide bonds. The summed E-state index contributed by atoms with van der Waals surface area (Å²) >= 11 is 0. The van der Waals surface area contributed by atoms with Gasteiger partial charge in [-0.15, -0.1) is 0 Å². The molecule has 6 rings (SSSR count). The minimum Gasteiger partial charge on any atom is -0.469 e. The largest absolute Gasteiger partial charge is 0.469 e. The van der Waals surface area contributed by atoms with Crippen LogP contribution in [0, 0.1) is 22.7 Å². The van der Waals surface area contributed by atoms with Crippen molar-refractivity contribution in [2.75, 3.05) is 7.11 Å². The molecule has 1 saturated heterocycles. The first-order valence-electron chi connectivity index (χ1n) is 10.8. The van der Waals surface area contributed by atoms with Crippen LogP contribution in [-0.2, 0) is 19.1 Å². The number of ether oxygens (including phenoxy) is 2. The van der Waals surface area contributed by atoms with Gasteiger partial charge in [0.2, 0.25) is 0 Å². The van der Waals surface area contributed by atoms with E-state index in [4.69, 9.17) is 9.47 Å². The van der Waals surface area contributed by atoms with Crippen molar-refractivity contribution in [3.8, 4) is 0 Å². The predicted octanol–water partition coefficient (Wildman–Crippen LogP) is 3.03. The normalized spacial score (nSPS) is 50.7. The highest BCUT2D eigenvalue weighted by Gasteiger charge is 2.82. The van der Waals surface area contributed by atoms with E-state index in [0.29, 0.717) is 12.8 Å². The third kappa shape index (κ3) is 1.90. The molecular weight excluding hydrogens is 368 g/mol. The zero-order valence-corrected chi connectivity index (χ0v) is 17.3. The number of epoxide rings is 1. The van der Waals surface area contributed by atoms with Gasteiger partial charge in [-0.1, -0.05) is 31.6 Å². The summed E-state index contributed by atoms with van der Waals surface area (Å²) in [4.78, 5) is 23.9. The van der Waals surface area contributed by atoms with Crippen LogP contribution in [0.4, 0.5) is 0 Å². The molecule has 154 valence electrons. The molecule has 0 aromatic rings. The van der Waals surface area contributed by atoms with Crippen molar-refractivity contribution in [3.05, 3.63) is 34.9 Å². The van der Waals surface area contributed by atoms with Crippen LogP contribution in [-0.4, -0.2) is 41.3 Å². The second-order valence-corrected chi connectivity index (χ2v) is 10.4. The molecule has 6 aliphatic rings. The SMILES string of the molecule is COC(=O)CC[C@]1(O)C=CC2C3C4=C(C4)C4=CC(=O)CC[C@]4(C)[C@]34O[C@@H]4C[C@@]21C. The Balaban J connectivity index is 1.41. The van der Waals surface area contributed by atoms with Crippen molar-refractivity contribution < 1.29 is 24.2 Å². The molecule has 29 heavy (non-hydrogen) atoms. The minimum atomic E-state index is -1.03. The molecule has 2 fully saturated rings. The Hall–Kier alpha value is -1.72. The van der Waals surface area contributed by atoms with Gasteiger partial charge in [0, 0.05) is 29.6 Å². The Morgan fingerprint density at radius 1 is 1.38 bits per heavy atom. The molecule has 1 aliphatic heterocycles. The summed E-state index contributed by atoms with van der Waals surface area (Å²) in [6.07, 6.45) is 9.89. The number of carbonyl (C=O) groups is 2. The van der Waals surface area contributed by atoms with Crippen LogP contribution in [0.2, 0.25) is 0 Å². The fraction of sp³-hybridized carbons (Fsp3) is 0.667. The molecule has 0 bridgehead atoms. The highest BCUT2D eigenvalue weighted by molar-refractivity contribution is 5.93. The number of hydrogen-bond acceptors (Lipinski definition) is 5. The first-order valence-corrected chi connectivity index (χ1v) is 10.8. The van der Waals surface area contributed by atoms with Crippen LogP contribution in [0.15, 0.2) is 34.9 Å². The summed E-state index contributed by atoms with van der Waals surface area (Å²) in [5.74, 6) is 0.403. The number of methoxy groups -OCH3 is 1. The average molecular weight is 396 g/mol. The van der Waals surface area contributed by atoms with Gasteiger partial charge in [-0.3, -0.25) is 9.59 Å². The molecule has 5 heteroatoms. The van der Waals surface area contributed by atoms with Crippen LogP contribution in [0.25, 0.3) is 0 Å². The minimum absolute atomic E-state index is 0.0922. The van der Waals surface area contributed by atoms with E-state index in [-0.39, 0.29) is 52.5 Å². The summed E-state index contributed by atoms with van der Waals surface area (Å²) in [6.45, 7) is 4.46. The van der Waals surface area contributed by atoms with Crippen molar-refractivity contribution in [1.29, 1.82) is 0 Å². The molecule has 2 unspecified atom stereocenters. The van der Waals surface area contributed by atoms with Gasteiger partial charge < -0.3 is 14.6 Å². The lowest BCUT2D eigenvalue weighted by Gasteiger charge is -2.55. The van der Waals surface area contributed by atoms with Gasteiger partial charge in [-0.2, -0.15) is 0 Å². The smallest absolute Gasteiger partial charge is 0.305 e. The maximum absolute atomic E-state index is 12.2. The summed E-state index contributed by atoms with van der Waals surface area (Å²) in [7, 11) is 1.39. The number of carbonyl (C=O) groups excluding carboxylic acids is 2. The number of aliphatic hydroxyl groups is 1. The summed E-state index contributed by atoms with van der Waals surface area (Å²) in [5, 5.41) is 11.6. The Labute approximate surface area is 170 Å². The first kappa shape index (κ1) is 18.1. The van der Waals surface area contributed by atoms with Crippen molar-refractivity contribution in [2.24, 2.45) is 22.7 Å². The van der Waals surface area contributed by atoms with Gasteiger partial charge in [-0.05, 0) is 48.8 Å². The fourth-order valence-electron chi connectivity index (χ4n) is 7.57. The number of ketones is 1. The third-order valence-electron chi connectivity index (χ3n) is 9.39. The zero-order chi connectivity index (χ0) is 20.4. The molecule has 0 radical (unpaired) electrons. The van der Waals surface area contributed by atoms with E-state index in [2.05, 4.69) is 19.9 Å². The lowest BCUT2D eigenvalue weighted by Crippen LogP contribution is -2.59. The Bertz CT molecular complexity index is 958. The van der Waals surface area contributed by atoms with E-state index in [9.17, 15) is 14.7 Å². The van der Waals surface area contributed by atoms with Gasteiger partial charge >= 0.3 is 5.97 Å². The Morgan fingerprint density at radius 3 is 2.93 bits per heavy atom. The summed E-state index contributed by atoms with van der Waals surface area (Å²) in [5.41, 5.74) is 2.29. The molecule has 1 N–H and O–H groups in total. The molecular formula is C24H28O5. The van der Waals surface area contributed by atoms with Crippen LogP contribution in [0.5, 0.6) is 0 Å². The Kier molecular flexibility index (Phi) is 3.19. The van der Waals surface area contributed by atoms with Crippen LogP contribution in [0.3, 0.4) is 0 Å². The van der Waals surface area contributed by atoms with Crippen molar-refractivity contribution in [1.82, 2.24) is 0 Å². The van der Waals surface area contributed by atoms with Crippen LogP contribution in [0.1, 0.15) is 52.4 Å². The van der Waals surface area contributed by atoms with Gasteiger partial charge in [0.1, 0.15) is 5.60 Å². The van der Waals surface area contributed by atoms with E-state index >= 15 is 0 Å².